The first-order valence-electron chi connectivity index (χ1n) is 11.5. The number of amides is 1. The zero-order valence-electron chi connectivity index (χ0n) is 18.9. The molecule has 3 aliphatic rings. The van der Waals surface area contributed by atoms with Crippen LogP contribution in [0.2, 0.25) is 0 Å². The molecule has 1 saturated carbocycles. The summed E-state index contributed by atoms with van der Waals surface area (Å²) in [5, 5.41) is 0.816. The summed E-state index contributed by atoms with van der Waals surface area (Å²) in [6.07, 6.45) is -3.82. The van der Waals surface area contributed by atoms with E-state index in [9.17, 15) is 18.0 Å². The second-order valence-electron chi connectivity index (χ2n) is 9.40. The predicted molar refractivity (Wildman–Crippen MR) is 120 cm³/mol. The van der Waals surface area contributed by atoms with Crippen molar-refractivity contribution in [2.45, 2.75) is 38.4 Å². The first-order chi connectivity index (χ1) is 16.7. The average Bonchev–Trinajstić information content (AvgIpc) is 3.12. The maximum atomic E-state index is 13.8. The van der Waals surface area contributed by atoms with E-state index in [1.165, 1.54) is 6.07 Å². The molecule has 2 fully saturated rings. The zero-order chi connectivity index (χ0) is 24.5. The van der Waals surface area contributed by atoms with Crippen LogP contribution < -0.4 is 5.73 Å². The van der Waals surface area contributed by atoms with Crippen LogP contribution in [-0.4, -0.2) is 40.0 Å². The van der Waals surface area contributed by atoms with Crippen molar-refractivity contribution >= 4 is 22.6 Å². The molecule has 182 valence electrons. The average molecular weight is 484 g/mol. The number of pyridine rings is 2. The summed E-state index contributed by atoms with van der Waals surface area (Å²) in [6.45, 7) is 3.56. The Kier molecular flexibility index (Phi) is 5.01. The third-order valence-electron chi connectivity index (χ3n) is 7.31. The van der Waals surface area contributed by atoms with E-state index in [0.29, 0.717) is 42.4 Å². The molecule has 1 saturated heterocycles. The number of fused-ring (bicyclic) bond motifs is 4. The van der Waals surface area contributed by atoms with Crippen LogP contribution in [0.1, 0.15) is 45.8 Å². The molecular formula is C25H23F3N4O3. The van der Waals surface area contributed by atoms with E-state index in [1.807, 2.05) is 13.0 Å². The minimum atomic E-state index is -4.46. The summed E-state index contributed by atoms with van der Waals surface area (Å²) in [7, 11) is 0. The number of benzene rings is 1. The minimum Gasteiger partial charge on any atom is -0.383 e. The summed E-state index contributed by atoms with van der Waals surface area (Å²) in [5.41, 5.74) is 8.66. The fourth-order valence-corrected chi connectivity index (χ4v) is 5.41. The van der Waals surface area contributed by atoms with Gasteiger partial charge in [0.15, 0.2) is 0 Å². The fraction of sp³-hybridized carbons (Fsp3) is 0.400. The second kappa shape index (κ2) is 7.89. The Morgan fingerprint density at radius 2 is 1.97 bits per heavy atom. The van der Waals surface area contributed by atoms with Crippen LogP contribution >= 0.6 is 0 Å². The lowest BCUT2D eigenvalue weighted by Gasteiger charge is -2.25. The monoisotopic (exact) mass is 484 g/mol. The molecule has 4 heterocycles. The van der Waals surface area contributed by atoms with E-state index in [2.05, 4.69) is 9.97 Å². The molecule has 35 heavy (non-hydrogen) atoms. The Morgan fingerprint density at radius 1 is 1.20 bits per heavy atom. The number of carbonyl (C=O) groups is 1. The standard InChI is InChI=1S/C25H23F3N4O3/c1-12-21-17(11-35-12)16-6-13(2-5-20(16)31-23(21)29)24(33)32(22-18-9-34-10-19(18)22)8-15-4-3-14(7-30-15)25(26,27)28/h2-7,12,18-19,22H,8-11H2,1H3,(H2,29,31)/t12?,18-,19+,22?. The van der Waals surface area contributed by atoms with Crippen molar-refractivity contribution < 1.29 is 27.4 Å². The van der Waals surface area contributed by atoms with Gasteiger partial charge in [0.2, 0.25) is 0 Å². The normalized spacial score (nSPS) is 24.9. The molecule has 3 aromatic rings. The number of hydrogen-bond acceptors (Lipinski definition) is 6. The molecule has 1 aromatic carbocycles. The second-order valence-corrected chi connectivity index (χ2v) is 9.40. The Bertz CT molecular complexity index is 1320. The number of hydrogen-bond donors (Lipinski definition) is 1. The van der Waals surface area contributed by atoms with Gasteiger partial charge in [0.25, 0.3) is 5.91 Å². The zero-order valence-corrected chi connectivity index (χ0v) is 18.9. The van der Waals surface area contributed by atoms with Crippen molar-refractivity contribution in [3.63, 3.8) is 0 Å². The van der Waals surface area contributed by atoms with Crippen LogP contribution in [0.15, 0.2) is 36.5 Å². The highest BCUT2D eigenvalue weighted by Crippen LogP contribution is 2.49. The molecule has 1 aliphatic carbocycles. The van der Waals surface area contributed by atoms with Crippen LogP contribution in [0.4, 0.5) is 19.0 Å². The van der Waals surface area contributed by atoms with Crippen LogP contribution in [0, 0.1) is 11.8 Å². The Balaban J connectivity index is 1.34. The molecule has 1 amide bonds. The molecule has 4 atom stereocenters. The summed E-state index contributed by atoms with van der Waals surface area (Å²) < 4.78 is 50.1. The molecule has 2 aromatic heterocycles. The minimum absolute atomic E-state index is 0.0327. The first-order valence-corrected chi connectivity index (χ1v) is 11.5. The van der Waals surface area contributed by atoms with Gasteiger partial charge in [-0.3, -0.25) is 9.78 Å². The lowest BCUT2D eigenvalue weighted by Crippen LogP contribution is -2.36. The van der Waals surface area contributed by atoms with Gasteiger partial charge < -0.3 is 20.1 Å². The van der Waals surface area contributed by atoms with Crippen molar-refractivity contribution in [2.75, 3.05) is 18.9 Å². The Morgan fingerprint density at radius 3 is 2.66 bits per heavy atom. The van der Waals surface area contributed by atoms with Crippen molar-refractivity contribution in [2.24, 2.45) is 11.8 Å². The molecule has 0 radical (unpaired) electrons. The maximum Gasteiger partial charge on any atom is 0.417 e. The number of ether oxygens (including phenoxy) is 2. The highest BCUT2D eigenvalue weighted by atomic mass is 19.4. The third-order valence-corrected chi connectivity index (χ3v) is 7.31. The van der Waals surface area contributed by atoms with Crippen molar-refractivity contribution in [1.29, 1.82) is 0 Å². The van der Waals surface area contributed by atoms with Crippen LogP contribution in [0.3, 0.4) is 0 Å². The molecule has 6 rings (SSSR count). The summed E-state index contributed by atoms with van der Waals surface area (Å²) in [6, 6.07) is 7.59. The van der Waals surface area contributed by atoms with Gasteiger partial charge in [0, 0.05) is 40.6 Å². The van der Waals surface area contributed by atoms with E-state index < -0.39 is 11.7 Å². The molecule has 10 heteroatoms. The van der Waals surface area contributed by atoms with E-state index in [1.54, 1.807) is 17.0 Å². The van der Waals surface area contributed by atoms with E-state index in [0.717, 1.165) is 28.8 Å². The molecule has 0 spiro atoms. The highest BCUT2D eigenvalue weighted by molar-refractivity contribution is 5.99. The first kappa shape index (κ1) is 22.2. The molecule has 7 nitrogen and oxygen atoms in total. The van der Waals surface area contributed by atoms with Crippen LogP contribution in [-0.2, 0) is 28.8 Å². The Labute approximate surface area is 199 Å². The number of nitrogens with zero attached hydrogens (tertiary/aromatic N) is 3. The summed E-state index contributed by atoms with van der Waals surface area (Å²) in [5.74, 6) is 0.686. The van der Waals surface area contributed by atoms with Gasteiger partial charge in [0.1, 0.15) is 5.82 Å². The Hall–Kier alpha value is -3.24. The van der Waals surface area contributed by atoms with Crippen LogP contribution in [0.5, 0.6) is 0 Å². The van der Waals surface area contributed by atoms with E-state index in [4.69, 9.17) is 15.2 Å². The third kappa shape index (κ3) is 3.71. The number of anilines is 1. The molecule has 0 bridgehead atoms. The van der Waals surface area contributed by atoms with Gasteiger partial charge in [0.05, 0.1) is 49.2 Å². The summed E-state index contributed by atoms with van der Waals surface area (Å²) >= 11 is 0. The number of rotatable bonds is 4. The maximum absolute atomic E-state index is 13.8. The van der Waals surface area contributed by atoms with E-state index >= 15 is 0 Å². The van der Waals surface area contributed by atoms with Crippen molar-refractivity contribution in [1.82, 2.24) is 14.9 Å². The topological polar surface area (TPSA) is 90.6 Å². The number of halogens is 3. The largest absolute Gasteiger partial charge is 0.417 e. The van der Waals surface area contributed by atoms with Gasteiger partial charge in [-0.15, -0.1) is 0 Å². The van der Waals surface area contributed by atoms with Gasteiger partial charge in [-0.1, -0.05) is 0 Å². The van der Waals surface area contributed by atoms with Crippen molar-refractivity contribution in [3.8, 4) is 0 Å². The molecular weight excluding hydrogens is 461 g/mol. The van der Waals surface area contributed by atoms with Gasteiger partial charge in [-0.05, 0) is 42.8 Å². The van der Waals surface area contributed by atoms with Gasteiger partial charge >= 0.3 is 6.18 Å². The fourth-order valence-electron chi connectivity index (χ4n) is 5.41. The van der Waals surface area contributed by atoms with Crippen LogP contribution in [0.25, 0.3) is 10.9 Å². The van der Waals surface area contributed by atoms with E-state index in [-0.39, 0.29) is 36.4 Å². The van der Waals surface area contributed by atoms with Crippen molar-refractivity contribution in [3.05, 3.63) is 64.5 Å². The lowest BCUT2D eigenvalue weighted by molar-refractivity contribution is -0.137. The predicted octanol–water partition coefficient (Wildman–Crippen LogP) is 4.11. The SMILES string of the molecule is CC1OCc2c1c(N)nc1ccc(C(=O)N(Cc3ccc(C(F)(F)F)cn3)C3[C@H]4COC[C@@H]34)cc21. The molecule has 2 N–H and O–H groups in total. The number of aromatic nitrogens is 2. The quantitative estimate of drug-likeness (QED) is 0.600. The lowest BCUT2D eigenvalue weighted by atomic mass is 10.00. The number of alkyl halides is 3. The number of nitrogens with two attached hydrogens (primary N) is 1. The highest BCUT2D eigenvalue weighted by Gasteiger charge is 2.58. The number of carbonyl (C=O) groups excluding carboxylic acids is 1. The molecule has 2 aliphatic heterocycles. The summed E-state index contributed by atoms with van der Waals surface area (Å²) in [4.78, 5) is 24.0. The number of nitrogen functional groups attached to an aromatic ring is 1. The van der Waals surface area contributed by atoms with Gasteiger partial charge in [-0.2, -0.15) is 13.2 Å². The molecule has 2 unspecified atom stereocenters. The smallest absolute Gasteiger partial charge is 0.383 e. The van der Waals surface area contributed by atoms with Gasteiger partial charge in [-0.25, -0.2) is 4.98 Å².